The number of aromatic nitrogens is 2. The van der Waals surface area contributed by atoms with Gasteiger partial charge in [-0.1, -0.05) is 23.2 Å². The first-order valence-electron chi connectivity index (χ1n) is 8.68. The minimum absolute atomic E-state index is 0.0377. The lowest BCUT2D eigenvalue weighted by Crippen LogP contribution is -2.36. The van der Waals surface area contributed by atoms with Crippen molar-refractivity contribution in [3.8, 4) is 0 Å². The van der Waals surface area contributed by atoms with Crippen LogP contribution in [-0.4, -0.2) is 47.0 Å². The van der Waals surface area contributed by atoms with Gasteiger partial charge in [0.15, 0.2) is 0 Å². The minimum Gasteiger partial charge on any atom is -0.368 e. The van der Waals surface area contributed by atoms with Crippen LogP contribution in [0.15, 0.2) is 30.6 Å². The molecule has 3 heterocycles. The molecule has 1 fully saturated rings. The first kappa shape index (κ1) is 18.7. The summed E-state index contributed by atoms with van der Waals surface area (Å²) in [6.07, 6.45) is 6.54. The molecule has 1 aliphatic rings. The zero-order valence-electron chi connectivity index (χ0n) is 14.3. The number of amides is 1. The Morgan fingerprint density at radius 1 is 1.08 bits per heavy atom. The van der Waals surface area contributed by atoms with E-state index in [-0.39, 0.29) is 5.91 Å². The lowest BCUT2D eigenvalue weighted by atomic mass is 10.1. The summed E-state index contributed by atoms with van der Waals surface area (Å²) < 4.78 is 0. The largest absolute Gasteiger partial charge is 0.368 e. The highest BCUT2D eigenvalue weighted by Crippen LogP contribution is 2.22. The number of carbonyl (C=O) groups excluding carboxylic acids is 1. The van der Waals surface area contributed by atoms with Crippen LogP contribution in [0.1, 0.15) is 29.6 Å². The molecule has 6 nitrogen and oxygen atoms in total. The summed E-state index contributed by atoms with van der Waals surface area (Å²) in [6, 6.07) is 5.25. The quantitative estimate of drug-likeness (QED) is 0.727. The van der Waals surface area contributed by atoms with Crippen LogP contribution < -0.4 is 10.6 Å². The second-order valence-corrected chi connectivity index (χ2v) is 6.93. The molecule has 0 atom stereocenters. The second kappa shape index (κ2) is 9.05. The SMILES string of the molecule is O=C(c1cccnc1NCCNc1ncc(Cl)cc1Cl)N1CCCCC1. The predicted octanol–water partition coefficient (Wildman–Crippen LogP) is 3.93. The number of halogens is 2. The maximum absolute atomic E-state index is 12.7. The number of piperidine rings is 1. The van der Waals surface area contributed by atoms with E-state index >= 15 is 0 Å². The van der Waals surface area contributed by atoms with Crippen molar-refractivity contribution in [1.82, 2.24) is 14.9 Å². The number of likely N-dealkylation sites (tertiary alicyclic amines) is 1. The number of hydrogen-bond donors (Lipinski definition) is 2. The Morgan fingerprint density at radius 3 is 2.54 bits per heavy atom. The third-order valence-corrected chi connectivity index (χ3v) is 4.69. The topological polar surface area (TPSA) is 70.1 Å². The summed E-state index contributed by atoms with van der Waals surface area (Å²) in [5.74, 6) is 1.21. The number of nitrogens with one attached hydrogen (secondary N) is 2. The Kier molecular flexibility index (Phi) is 6.52. The number of hydrogen-bond acceptors (Lipinski definition) is 5. The van der Waals surface area contributed by atoms with Crippen molar-refractivity contribution in [1.29, 1.82) is 0 Å². The van der Waals surface area contributed by atoms with Gasteiger partial charge in [-0.15, -0.1) is 0 Å². The molecule has 0 unspecified atom stereocenters. The first-order chi connectivity index (χ1) is 12.6. The summed E-state index contributed by atoms with van der Waals surface area (Å²) in [6.45, 7) is 2.77. The molecule has 0 spiro atoms. The molecule has 1 saturated heterocycles. The summed E-state index contributed by atoms with van der Waals surface area (Å²) in [4.78, 5) is 23.1. The number of carbonyl (C=O) groups is 1. The van der Waals surface area contributed by atoms with Gasteiger partial charge in [0.05, 0.1) is 15.6 Å². The molecular weight excluding hydrogens is 373 g/mol. The van der Waals surface area contributed by atoms with Crippen LogP contribution in [0.3, 0.4) is 0 Å². The highest BCUT2D eigenvalue weighted by atomic mass is 35.5. The van der Waals surface area contributed by atoms with Gasteiger partial charge in [-0.25, -0.2) is 9.97 Å². The van der Waals surface area contributed by atoms with Crippen LogP contribution in [0.25, 0.3) is 0 Å². The van der Waals surface area contributed by atoms with Crippen LogP contribution in [0, 0.1) is 0 Å². The fourth-order valence-corrected chi connectivity index (χ4v) is 3.34. The molecule has 3 rings (SSSR count). The zero-order chi connectivity index (χ0) is 18.4. The van der Waals surface area contributed by atoms with E-state index in [1.54, 1.807) is 18.3 Å². The van der Waals surface area contributed by atoms with Crippen LogP contribution in [0.5, 0.6) is 0 Å². The van der Waals surface area contributed by atoms with Crippen molar-refractivity contribution < 1.29 is 4.79 Å². The fraction of sp³-hybridized carbons (Fsp3) is 0.389. The summed E-state index contributed by atoms with van der Waals surface area (Å²) >= 11 is 11.9. The lowest BCUT2D eigenvalue weighted by molar-refractivity contribution is 0.0725. The number of rotatable bonds is 6. The number of nitrogens with zero attached hydrogens (tertiary/aromatic N) is 3. The van der Waals surface area contributed by atoms with Gasteiger partial charge < -0.3 is 15.5 Å². The van der Waals surface area contributed by atoms with Crippen molar-refractivity contribution in [2.45, 2.75) is 19.3 Å². The monoisotopic (exact) mass is 393 g/mol. The van der Waals surface area contributed by atoms with Gasteiger partial charge in [0.25, 0.3) is 5.91 Å². The van der Waals surface area contributed by atoms with Crippen molar-refractivity contribution in [2.75, 3.05) is 36.8 Å². The van der Waals surface area contributed by atoms with Gasteiger partial charge >= 0.3 is 0 Å². The average Bonchev–Trinajstić information content (AvgIpc) is 2.67. The molecule has 1 amide bonds. The minimum atomic E-state index is 0.0377. The Bertz CT molecular complexity index is 765. The van der Waals surface area contributed by atoms with E-state index in [1.165, 1.54) is 12.6 Å². The van der Waals surface area contributed by atoms with Crippen LogP contribution in [0.4, 0.5) is 11.6 Å². The first-order valence-corrected chi connectivity index (χ1v) is 9.44. The highest BCUT2D eigenvalue weighted by Gasteiger charge is 2.21. The smallest absolute Gasteiger partial charge is 0.257 e. The Hall–Kier alpha value is -2.05. The number of pyridine rings is 2. The zero-order valence-corrected chi connectivity index (χ0v) is 15.9. The van der Waals surface area contributed by atoms with E-state index in [1.807, 2.05) is 11.0 Å². The molecule has 1 aliphatic heterocycles. The highest BCUT2D eigenvalue weighted by molar-refractivity contribution is 6.35. The van der Waals surface area contributed by atoms with Gasteiger partial charge in [0.1, 0.15) is 11.6 Å². The molecule has 0 saturated carbocycles. The predicted molar refractivity (Wildman–Crippen MR) is 105 cm³/mol. The summed E-state index contributed by atoms with van der Waals surface area (Å²) in [5.41, 5.74) is 0.608. The van der Waals surface area contributed by atoms with Gasteiger partial charge in [-0.2, -0.15) is 0 Å². The Morgan fingerprint density at radius 2 is 1.81 bits per heavy atom. The average molecular weight is 394 g/mol. The molecule has 2 N–H and O–H groups in total. The molecule has 0 radical (unpaired) electrons. The van der Waals surface area contributed by atoms with Gasteiger partial charge in [0.2, 0.25) is 0 Å². The lowest BCUT2D eigenvalue weighted by Gasteiger charge is -2.27. The molecule has 0 aromatic carbocycles. The van der Waals surface area contributed by atoms with Crippen molar-refractivity contribution in [3.05, 3.63) is 46.2 Å². The van der Waals surface area contributed by atoms with Gasteiger partial charge in [0, 0.05) is 38.6 Å². The third kappa shape index (κ3) is 4.77. The molecule has 138 valence electrons. The molecule has 2 aromatic rings. The molecule has 0 aliphatic carbocycles. The van der Waals surface area contributed by atoms with Crippen LogP contribution in [0.2, 0.25) is 10.0 Å². The van der Waals surface area contributed by atoms with E-state index in [0.717, 1.165) is 25.9 Å². The molecule has 2 aromatic heterocycles. The van der Waals surface area contributed by atoms with Gasteiger partial charge in [-0.3, -0.25) is 4.79 Å². The van der Waals surface area contributed by atoms with Gasteiger partial charge in [-0.05, 0) is 37.5 Å². The van der Waals surface area contributed by atoms with E-state index in [2.05, 4.69) is 20.6 Å². The second-order valence-electron chi connectivity index (χ2n) is 6.09. The molecule has 26 heavy (non-hydrogen) atoms. The van der Waals surface area contributed by atoms with E-state index in [0.29, 0.717) is 40.3 Å². The van der Waals surface area contributed by atoms with E-state index < -0.39 is 0 Å². The maximum atomic E-state index is 12.7. The Balaban J connectivity index is 1.57. The van der Waals surface area contributed by atoms with Crippen molar-refractivity contribution >= 4 is 40.7 Å². The molecule has 0 bridgehead atoms. The van der Waals surface area contributed by atoms with E-state index in [9.17, 15) is 4.79 Å². The number of anilines is 2. The fourth-order valence-electron chi connectivity index (χ4n) is 2.89. The maximum Gasteiger partial charge on any atom is 0.257 e. The van der Waals surface area contributed by atoms with Crippen molar-refractivity contribution in [3.63, 3.8) is 0 Å². The molecule has 8 heteroatoms. The normalized spacial score (nSPS) is 14.2. The standard InChI is InChI=1S/C18H21Cl2N5O/c19-13-11-15(20)17(24-12-13)23-8-7-22-16-14(5-4-6-21-16)18(26)25-9-2-1-3-10-25/h4-6,11-12H,1-3,7-10H2,(H,21,22)(H,23,24). The Labute approximate surface area is 162 Å². The summed E-state index contributed by atoms with van der Waals surface area (Å²) in [7, 11) is 0. The van der Waals surface area contributed by atoms with Crippen LogP contribution >= 0.6 is 23.2 Å². The third-order valence-electron chi connectivity index (χ3n) is 4.20. The van der Waals surface area contributed by atoms with Crippen LogP contribution in [-0.2, 0) is 0 Å². The van der Waals surface area contributed by atoms with Crippen molar-refractivity contribution in [2.24, 2.45) is 0 Å². The molecular formula is C18H21Cl2N5O. The summed E-state index contributed by atoms with van der Waals surface area (Å²) in [5, 5.41) is 7.31. The van der Waals surface area contributed by atoms with E-state index in [4.69, 9.17) is 23.2 Å².